The Kier molecular flexibility index (Phi) is 3.91. The number of aryl methyl sites for hydroxylation is 1. The van der Waals surface area contributed by atoms with Gasteiger partial charge < -0.3 is 0 Å². The standard InChI is InChI=1S/C13H11BrFNO2S/c1-9-5-6-11(15)8-13(9)19(17,18)16-12-4-2-3-10(14)7-12/h2-8,16H,1H3. The fourth-order valence-corrected chi connectivity index (χ4v) is 3.33. The lowest BCUT2D eigenvalue weighted by Crippen LogP contribution is -2.14. The Morgan fingerprint density at radius 1 is 1.16 bits per heavy atom. The molecule has 0 amide bonds. The monoisotopic (exact) mass is 343 g/mol. The lowest BCUT2D eigenvalue weighted by Gasteiger charge is -2.10. The highest BCUT2D eigenvalue weighted by atomic mass is 79.9. The van der Waals surface area contributed by atoms with Crippen molar-refractivity contribution in [2.45, 2.75) is 11.8 Å². The quantitative estimate of drug-likeness (QED) is 0.923. The second kappa shape index (κ2) is 5.30. The molecule has 0 aliphatic rings. The summed E-state index contributed by atoms with van der Waals surface area (Å²) in [6.45, 7) is 1.62. The summed E-state index contributed by atoms with van der Waals surface area (Å²) >= 11 is 3.26. The van der Waals surface area contributed by atoms with Crippen molar-refractivity contribution in [3.05, 3.63) is 58.3 Å². The minimum Gasteiger partial charge on any atom is -0.280 e. The van der Waals surface area contributed by atoms with Crippen LogP contribution in [0.4, 0.5) is 10.1 Å². The van der Waals surface area contributed by atoms with E-state index < -0.39 is 15.8 Å². The predicted molar refractivity (Wildman–Crippen MR) is 76.1 cm³/mol. The normalized spacial score (nSPS) is 11.3. The van der Waals surface area contributed by atoms with Gasteiger partial charge in [-0.05, 0) is 42.8 Å². The maximum absolute atomic E-state index is 13.2. The molecule has 0 bridgehead atoms. The lowest BCUT2D eigenvalue weighted by molar-refractivity contribution is 0.594. The summed E-state index contributed by atoms with van der Waals surface area (Å²) in [7, 11) is -3.79. The number of hydrogen-bond donors (Lipinski definition) is 1. The average molecular weight is 344 g/mol. The topological polar surface area (TPSA) is 46.2 Å². The molecular weight excluding hydrogens is 333 g/mol. The Bertz CT molecular complexity index is 716. The van der Waals surface area contributed by atoms with Crippen molar-refractivity contribution in [3.8, 4) is 0 Å². The summed E-state index contributed by atoms with van der Waals surface area (Å²) in [6, 6.07) is 10.4. The van der Waals surface area contributed by atoms with Crippen LogP contribution in [0.1, 0.15) is 5.56 Å². The van der Waals surface area contributed by atoms with Crippen LogP contribution in [-0.2, 0) is 10.0 Å². The molecular formula is C13H11BrFNO2S. The third kappa shape index (κ3) is 3.33. The summed E-state index contributed by atoms with van der Waals surface area (Å²) < 4.78 is 40.7. The van der Waals surface area contributed by atoms with Gasteiger partial charge in [0.15, 0.2) is 0 Å². The van der Waals surface area contributed by atoms with Gasteiger partial charge in [-0.25, -0.2) is 12.8 Å². The molecule has 0 radical (unpaired) electrons. The molecule has 0 saturated carbocycles. The van der Waals surface area contributed by atoms with E-state index in [9.17, 15) is 12.8 Å². The first-order chi connectivity index (χ1) is 8.88. The molecule has 0 aromatic heterocycles. The largest absolute Gasteiger partial charge is 0.280 e. The molecule has 1 N–H and O–H groups in total. The van der Waals surface area contributed by atoms with E-state index in [1.165, 1.54) is 12.1 Å². The number of anilines is 1. The van der Waals surface area contributed by atoms with Crippen LogP contribution in [0.25, 0.3) is 0 Å². The van der Waals surface area contributed by atoms with Crippen LogP contribution in [0.15, 0.2) is 51.8 Å². The van der Waals surface area contributed by atoms with E-state index in [0.29, 0.717) is 11.3 Å². The van der Waals surface area contributed by atoms with Gasteiger partial charge in [0.25, 0.3) is 10.0 Å². The predicted octanol–water partition coefficient (Wildman–Crippen LogP) is 3.70. The smallest absolute Gasteiger partial charge is 0.262 e. The maximum atomic E-state index is 13.2. The van der Waals surface area contributed by atoms with E-state index in [1.807, 2.05) is 0 Å². The van der Waals surface area contributed by atoms with Crippen LogP contribution < -0.4 is 4.72 Å². The Morgan fingerprint density at radius 3 is 2.58 bits per heavy atom. The Labute approximate surface area is 119 Å². The Balaban J connectivity index is 2.40. The van der Waals surface area contributed by atoms with Crippen LogP contribution >= 0.6 is 15.9 Å². The highest BCUT2D eigenvalue weighted by Crippen LogP contribution is 2.22. The van der Waals surface area contributed by atoms with Crippen molar-refractivity contribution < 1.29 is 12.8 Å². The summed E-state index contributed by atoms with van der Waals surface area (Å²) in [6.07, 6.45) is 0. The molecule has 100 valence electrons. The zero-order chi connectivity index (χ0) is 14.0. The summed E-state index contributed by atoms with van der Waals surface area (Å²) in [5.41, 5.74) is 0.905. The number of hydrogen-bond acceptors (Lipinski definition) is 2. The number of benzene rings is 2. The third-order valence-corrected chi connectivity index (χ3v) is 4.53. The fraction of sp³-hybridized carbons (Fsp3) is 0.0769. The summed E-state index contributed by atoms with van der Waals surface area (Å²) in [5.74, 6) is -0.583. The molecule has 3 nitrogen and oxygen atoms in total. The highest BCUT2D eigenvalue weighted by Gasteiger charge is 2.17. The van der Waals surface area contributed by atoms with Crippen LogP contribution in [-0.4, -0.2) is 8.42 Å². The van der Waals surface area contributed by atoms with E-state index in [-0.39, 0.29) is 4.90 Å². The molecule has 0 unspecified atom stereocenters. The first-order valence-corrected chi connectivity index (χ1v) is 7.71. The minimum atomic E-state index is -3.79. The van der Waals surface area contributed by atoms with Gasteiger partial charge in [0.1, 0.15) is 5.82 Å². The van der Waals surface area contributed by atoms with Crippen LogP contribution in [0.2, 0.25) is 0 Å². The number of rotatable bonds is 3. The molecule has 0 spiro atoms. The molecule has 2 aromatic rings. The van der Waals surface area contributed by atoms with Crippen molar-refractivity contribution in [2.24, 2.45) is 0 Å². The van der Waals surface area contributed by atoms with Crippen molar-refractivity contribution in [3.63, 3.8) is 0 Å². The molecule has 0 aliphatic carbocycles. The number of halogens is 2. The van der Waals surface area contributed by atoms with Crippen molar-refractivity contribution in [1.29, 1.82) is 0 Å². The second-order valence-electron chi connectivity index (χ2n) is 4.03. The van der Waals surface area contributed by atoms with Gasteiger partial charge in [-0.15, -0.1) is 0 Å². The van der Waals surface area contributed by atoms with Gasteiger partial charge in [-0.2, -0.15) is 0 Å². The van der Waals surface area contributed by atoms with E-state index in [2.05, 4.69) is 20.7 Å². The van der Waals surface area contributed by atoms with Crippen molar-refractivity contribution >= 4 is 31.6 Å². The van der Waals surface area contributed by atoms with Gasteiger partial charge in [0.05, 0.1) is 4.90 Å². The van der Waals surface area contributed by atoms with Gasteiger partial charge in [-0.3, -0.25) is 4.72 Å². The van der Waals surface area contributed by atoms with E-state index >= 15 is 0 Å². The van der Waals surface area contributed by atoms with Crippen LogP contribution in [0.5, 0.6) is 0 Å². The second-order valence-corrected chi connectivity index (χ2v) is 6.59. The third-order valence-electron chi connectivity index (χ3n) is 2.52. The molecule has 0 saturated heterocycles. The molecule has 0 atom stereocenters. The van der Waals surface area contributed by atoms with Crippen LogP contribution in [0, 0.1) is 12.7 Å². The summed E-state index contributed by atoms with van der Waals surface area (Å²) in [5, 5.41) is 0. The van der Waals surface area contributed by atoms with Gasteiger partial charge in [-0.1, -0.05) is 28.1 Å². The Morgan fingerprint density at radius 2 is 1.89 bits per heavy atom. The molecule has 2 rings (SSSR count). The molecule has 2 aromatic carbocycles. The fourth-order valence-electron chi connectivity index (χ4n) is 1.63. The summed E-state index contributed by atoms with van der Waals surface area (Å²) in [4.78, 5) is -0.0625. The van der Waals surface area contributed by atoms with Gasteiger partial charge in [0.2, 0.25) is 0 Å². The Hall–Kier alpha value is -1.40. The molecule has 0 heterocycles. The van der Waals surface area contributed by atoms with Crippen LogP contribution in [0.3, 0.4) is 0 Å². The molecule has 6 heteroatoms. The minimum absolute atomic E-state index is 0.0625. The van der Waals surface area contributed by atoms with Gasteiger partial charge in [0, 0.05) is 10.2 Å². The highest BCUT2D eigenvalue weighted by molar-refractivity contribution is 9.10. The zero-order valence-corrected chi connectivity index (χ0v) is 12.4. The van der Waals surface area contributed by atoms with E-state index in [0.717, 1.165) is 10.5 Å². The van der Waals surface area contributed by atoms with Gasteiger partial charge >= 0.3 is 0 Å². The first-order valence-electron chi connectivity index (χ1n) is 5.43. The van der Waals surface area contributed by atoms with E-state index in [1.54, 1.807) is 31.2 Å². The lowest BCUT2D eigenvalue weighted by atomic mass is 10.2. The number of nitrogens with one attached hydrogen (secondary N) is 1. The SMILES string of the molecule is Cc1ccc(F)cc1S(=O)(=O)Nc1cccc(Br)c1. The van der Waals surface area contributed by atoms with Crippen molar-refractivity contribution in [1.82, 2.24) is 0 Å². The average Bonchev–Trinajstić information content (AvgIpc) is 2.31. The first kappa shape index (κ1) is 14.0. The van der Waals surface area contributed by atoms with E-state index in [4.69, 9.17) is 0 Å². The molecule has 0 fully saturated rings. The molecule has 0 aliphatic heterocycles. The zero-order valence-electron chi connectivity index (χ0n) is 10.0. The molecule has 19 heavy (non-hydrogen) atoms. The number of sulfonamides is 1. The maximum Gasteiger partial charge on any atom is 0.262 e. The van der Waals surface area contributed by atoms with Crippen molar-refractivity contribution in [2.75, 3.05) is 4.72 Å².